The zero-order valence-corrected chi connectivity index (χ0v) is 26.4. The summed E-state index contributed by atoms with van der Waals surface area (Å²) in [5.74, 6) is -52.1. The SMILES string of the molecule is CSc1ccc([S+](c2ccccc2)c2ccccc2)cc1.O=S(=O)([O-])C(F)(F)C(F)(F)C(F)(F)C(F)(F)C(F)(F)C(F)(F)C(F)(F)C(F)(F)F. The first-order valence-electron chi connectivity index (χ1n) is 12.5. The van der Waals surface area contributed by atoms with E-state index in [1.54, 1.807) is 11.8 Å². The fourth-order valence-corrected chi connectivity index (χ4v) is 6.47. The monoisotopic (exact) mass is 808 g/mol. The first-order valence-corrected chi connectivity index (χ1v) is 16.4. The molecule has 0 fully saturated rings. The van der Waals surface area contributed by atoms with Gasteiger partial charge in [0.05, 0.1) is 10.9 Å². The van der Waals surface area contributed by atoms with Crippen molar-refractivity contribution in [1.82, 2.24) is 0 Å². The predicted octanol–water partition coefficient (Wildman–Crippen LogP) is 10.0. The van der Waals surface area contributed by atoms with Gasteiger partial charge in [-0.15, -0.1) is 11.8 Å². The van der Waals surface area contributed by atoms with Gasteiger partial charge in [0.1, 0.15) is 0 Å². The van der Waals surface area contributed by atoms with Crippen molar-refractivity contribution in [2.45, 2.75) is 66.5 Å². The van der Waals surface area contributed by atoms with E-state index >= 15 is 0 Å². The average Bonchev–Trinajstić information content (AvgIpc) is 3.01. The third-order valence-electron chi connectivity index (χ3n) is 6.26. The van der Waals surface area contributed by atoms with E-state index in [0.717, 1.165) is 0 Å². The Morgan fingerprint density at radius 2 is 0.780 bits per heavy atom. The van der Waals surface area contributed by atoms with Crippen molar-refractivity contribution in [2.75, 3.05) is 6.26 Å². The molecule has 0 aliphatic heterocycles. The maximum atomic E-state index is 13.0. The molecule has 0 heterocycles. The van der Waals surface area contributed by atoms with E-state index in [2.05, 4.69) is 91.2 Å². The van der Waals surface area contributed by atoms with Crippen LogP contribution in [0.1, 0.15) is 0 Å². The van der Waals surface area contributed by atoms with Crippen LogP contribution in [0.25, 0.3) is 0 Å². The summed E-state index contributed by atoms with van der Waals surface area (Å²) >= 11 is 1.78. The summed E-state index contributed by atoms with van der Waals surface area (Å²) in [7, 11) is -8.18. The predicted molar refractivity (Wildman–Crippen MR) is 144 cm³/mol. The molecule has 0 atom stereocenters. The van der Waals surface area contributed by atoms with Gasteiger partial charge < -0.3 is 4.55 Å². The van der Waals surface area contributed by atoms with Gasteiger partial charge in [-0.1, -0.05) is 36.4 Å². The maximum absolute atomic E-state index is 13.0. The van der Waals surface area contributed by atoms with Gasteiger partial charge in [-0.2, -0.15) is 74.6 Å². The number of thioether (sulfide) groups is 1. The molecular weight excluding hydrogens is 791 g/mol. The minimum atomic E-state index is -8.92. The first-order chi connectivity index (χ1) is 22.4. The van der Waals surface area contributed by atoms with Crippen LogP contribution in [0.5, 0.6) is 0 Å². The second-order valence-electron chi connectivity index (χ2n) is 9.52. The lowest BCUT2D eigenvalue weighted by Crippen LogP contribution is -2.75. The van der Waals surface area contributed by atoms with Crippen LogP contribution in [0.15, 0.2) is 105 Å². The van der Waals surface area contributed by atoms with Crippen molar-refractivity contribution in [3.63, 3.8) is 0 Å². The van der Waals surface area contributed by atoms with Gasteiger partial charge >= 0.3 is 47.0 Å². The van der Waals surface area contributed by atoms with E-state index in [-0.39, 0.29) is 10.9 Å². The second kappa shape index (κ2) is 14.2. The van der Waals surface area contributed by atoms with Crippen molar-refractivity contribution in [3.8, 4) is 0 Å². The number of halogens is 17. The van der Waals surface area contributed by atoms with Crippen LogP contribution in [0.2, 0.25) is 0 Å². The molecule has 0 unspecified atom stereocenters. The van der Waals surface area contributed by atoms with E-state index in [0.29, 0.717) is 0 Å². The van der Waals surface area contributed by atoms with Crippen LogP contribution in [0.4, 0.5) is 74.6 Å². The fourth-order valence-electron chi connectivity index (χ4n) is 3.54. The first kappa shape index (κ1) is 43.2. The molecule has 0 saturated heterocycles. The Bertz CT molecular complexity index is 1640. The lowest BCUT2D eigenvalue weighted by atomic mass is 9.91. The van der Waals surface area contributed by atoms with Crippen molar-refractivity contribution in [2.24, 2.45) is 0 Å². The minimum absolute atomic E-state index is 0.0341. The Hall–Kier alpha value is -2.92. The molecule has 0 aromatic heterocycles. The molecule has 0 saturated carbocycles. The Morgan fingerprint density at radius 3 is 1.08 bits per heavy atom. The number of hydrogen-bond acceptors (Lipinski definition) is 4. The molecule has 0 aliphatic carbocycles. The summed E-state index contributed by atoms with van der Waals surface area (Å²) in [6.07, 6.45) is -5.78. The van der Waals surface area contributed by atoms with Crippen molar-refractivity contribution in [3.05, 3.63) is 84.9 Å². The van der Waals surface area contributed by atoms with Crippen LogP contribution < -0.4 is 0 Å². The van der Waals surface area contributed by atoms with Crippen molar-refractivity contribution in [1.29, 1.82) is 0 Å². The van der Waals surface area contributed by atoms with Gasteiger partial charge in [0.25, 0.3) is 0 Å². The molecule has 50 heavy (non-hydrogen) atoms. The molecule has 3 rings (SSSR count). The van der Waals surface area contributed by atoms with Gasteiger partial charge in [0.2, 0.25) is 0 Å². The van der Waals surface area contributed by atoms with Crippen molar-refractivity contribution >= 4 is 32.8 Å². The third-order valence-corrected chi connectivity index (χ3v) is 10.1. The highest BCUT2D eigenvalue weighted by Crippen LogP contribution is 2.64. The standard InChI is InChI=1S/C19H17S2.C8HF17O3S/c1-20-16-12-14-19(15-13-16)21(17-8-4-2-5-9-17)18-10-6-3-7-11-18;9-1(10,3(13,14)5(17,18)7(21,22)23)2(11,12)4(15,16)6(19,20)8(24,25)29(26,27)28/h2-15H,1H3;(H,26,27,28)/q+1;/p-1. The fraction of sp³-hybridized carbons (Fsp3) is 0.333. The molecular formula is C27H17F17O3S3. The summed E-state index contributed by atoms with van der Waals surface area (Å²) in [6, 6.07) is 30.5. The van der Waals surface area contributed by atoms with Crippen LogP contribution in [0.3, 0.4) is 0 Å². The normalized spacial score (nSPS) is 14.3. The Balaban J connectivity index is 0.000000361. The smallest absolute Gasteiger partial charge is 0.460 e. The molecule has 0 amide bonds. The Labute approximate surface area is 277 Å². The summed E-state index contributed by atoms with van der Waals surface area (Å²) in [6.45, 7) is 0. The molecule has 0 spiro atoms. The zero-order chi connectivity index (χ0) is 39.0. The molecule has 0 radical (unpaired) electrons. The van der Waals surface area contributed by atoms with Gasteiger partial charge in [-0.05, 0) is 54.8 Å². The largest absolute Gasteiger partial charge is 0.743 e. The molecule has 0 N–H and O–H groups in total. The third kappa shape index (κ3) is 7.36. The number of benzene rings is 3. The number of rotatable bonds is 11. The lowest BCUT2D eigenvalue weighted by molar-refractivity contribution is -0.458. The molecule has 0 aliphatic rings. The molecule has 23 heteroatoms. The minimum Gasteiger partial charge on any atom is -0.743 e. The van der Waals surface area contributed by atoms with Crippen LogP contribution in [-0.2, 0) is 21.0 Å². The molecule has 3 nitrogen and oxygen atoms in total. The quantitative estimate of drug-likeness (QED) is 0.0838. The van der Waals surface area contributed by atoms with E-state index in [1.165, 1.54) is 19.6 Å². The molecule has 0 bridgehead atoms. The van der Waals surface area contributed by atoms with Gasteiger partial charge in [-0.25, -0.2) is 8.42 Å². The van der Waals surface area contributed by atoms with Gasteiger partial charge in [0.15, 0.2) is 24.8 Å². The Kier molecular flexibility index (Phi) is 12.3. The number of hydrogen-bond donors (Lipinski definition) is 0. The Morgan fingerprint density at radius 1 is 0.480 bits per heavy atom. The zero-order valence-electron chi connectivity index (χ0n) is 24.0. The maximum Gasteiger partial charge on any atom is 0.460 e. The molecule has 3 aromatic rings. The lowest BCUT2D eigenvalue weighted by Gasteiger charge is -2.42. The summed E-state index contributed by atoms with van der Waals surface area (Å²) in [5, 5.41) is -7.95. The van der Waals surface area contributed by atoms with E-state index in [9.17, 15) is 87.6 Å². The van der Waals surface area contributed by atoms with E-state index in [4.69, 9.17) is 0 Å². The van der Waals surface area contributed by atoms with Crippen LogP contribution in [0, 0.1) is 0 Å². The van der Waals surface area contributed by atoms with Crippen LogP contribution in [-0.4, -0.2) is 66.2 Å². The highest BCUT2D eigenvalue weighted by molar-refractivity contribution is 7.98. The summed E-state index contributed by atoms with van der Waals surface area (Å²) in [5.41, 5.74) is 0. The van der Waals surface area contributed by atoms with E-state index in [1.807, 2.05) is 0 Å². The topological polar surface area (TPSA) is 57.2 Å². The molecule has 280 valence electrons. The summed E-state index contributed by atoms with van der Waals surface area (Å²) < 4.78 is 244. The van der Waals surface area contributed by atoms with E-state index < -0.39 is 57.1 Å². The van der Waals surface area contributed by atoms with Gasteiger partial charge in [0, 0.05) is 4.90 Å². The second-order valence-corrected chi connectivity index (χ2v) is 13.9. The summed E-state index contributed by atoms with van der Waals surface area (Å²) in [4.78, 5) is 5.40. The van der Waals surface area contributed by atoms with Crippen molar-refractivity contribution < 1.29 is 87.6 Å². The van der Waals surface area contributed by atoms with Gasteiger partial charge in [-0.3, -0.25) is 0 Å². The van der Waals surface area contributed by atoms with Crippen LogP contribution >= 0.6 is 11.8 Å². The molecule has 3 aromatic carbocycles. The highest BCUT2D eigenvalue weighted by atomic mass is 32.2. The number of alkyl halides is 17. The highest BCUT2D eigenvalue weighted by Gasteiger charge is 2.95. The average molecular weight is 809 g/mol.